The highest BCUT2D eigenvalue weighted by Gasteiger charge is 2.23. The SMILES string of the molecule is CC.CC(Oc1ccc2c(-c3ccc(F)cc3Cl)cc(=O)oc2c1)C(=O)N1CCCCC1.O=CO. The largest absolute Gasteiger partial charge is 0.483 e. The second-order valence-electron chi connectivity index (χ2n) is 7.51. The van der Waals surface area contributed by atoms with Crippen LogP contribution in [0.25, 0.3) is 22.1 Å². The van der Waals surface area contributed by atoms with Crippen LogP contribution in [0.1, 0.15) is 40.0 Å². The maximum Gasteiger partial charge on any atom is 0.336 e. The Balaban J connectivity index is 0.000000803. The molecule has 0 saturated carbocycles. The number of amides is 1. The molecule has 1 amide bonds. The van der Waals surface area contributed by atoms with Crippen molar-refractivity contribution >= 4 is 34.9 Å². The maximum absolute atomic E-state index is 13.4. The summed E-state index contributed by atoms with van der Waals surface area (Å²) in [6, 6.07) is 10.4. The summed E-state index contributed by atoms with van der Waals surface area (Å²) >= 11 is 6.19. The van der Waals surface area contributed by atoms with E-state index in [4.69, 9.17) is 30.7 Å². The van der Waals surface area contributed by atoms with Crippen LogP contribution in [0.4, 0.5) is 4.39 Å². The molecule has 7 nitrogen and oxygen atoms in total. The quantitative estimate of drug-likeness (QED) is 0.357. The van der Waals surface area contributed by atoms with Crippen LogP contribution in [0, 0.1) is 5.82 Å². The molecule has 1 aliphatic heterocycles. The summed E-state index contributed by atoms with van der Waals surface area (Å²) in [5.74, 6) is -0.0898. The van der Waals surface area contributed by atoms with E-state index in [-0.39, 0.29) is 17.4 Å². The van der Waals surface area contributed by atoms with Gasteiger partial charge in [0.2, 0.25) is 0 Å². The molecule has 4 rings (SSSR count). The van der Waals surface area contributed by atoms with E-state index in [1.54, 1.807) is 25.1 Å². The minimum atomic E-state index is -0.651. The van der Waals surface area contributed by atoms with Crippen molar-refractivity contribution in [2.75, 3.05) is 13.1 Å². The van der Waals surface area contributed by atoms with Crippen LogP contribution in [0.15, 0.2) is 51.7 Å². The summed E-state index contributed by atoms with van der Waals surface area (Å²) in [5.41, 5.74) is 0.800. The fourth-order valence-corrected chi connectivity index (χ4v) is 4.04. The number of benzene rings is 2. The fourth-order valence-electron chi connectivity index (χ4n) is 3.77. The van der Waals surface area contributed by atoms with Crippen LogP contribution in [-0.4, -0.2) is 41.6 Å². The lowest BCUT2D eigenvalue weighted by atomic mass is 10.0. The van der Waals surface area contributed by atoms with Crippen molar-refractivity contribution in [3.63, 3.8) is 0 Å². The van der Waals surface area contributed by atoms with Crippen molar-refractivity contribution in [1.29, 1.82) is 0 Å². The minimum Gasteiger partial charge on any atom is -0.483 e. The van der Waals surface area contributed by atoms with Gasteiger partial charge in [-0.05, 0) is 56.5 Å². The van der Waals surface area contributed by atoms with Crippen LogP contribution < -0.4 is 10.4 Å². The molecule has 9 heteroatoms. The lowest BCUT2D eigenvalue weighted by Gasteiger charge is -2.29. The number of likely N-dealkylation sites (tertiary alicyclic amines) is 1. The van der Waals surface area contributed by atoms with Gasteiger partial charge in [0.1, 0.15) is 17.1 Å². The molecule has 1 saturated heterocycles. The highest BCUT2D eigenvalue weighted by Crippen LogP contribution is 2.34. The molecule has 1 aliphatic rings. The van der Waals surface area contributed by atoms with Crippen molar-refractivity contribution in [2.24, 2.45) is 0 Å². The third-order valence-electron chi connectivity index (χ3n) is 5.27. The molecule has 0 bridgehead atoms. The van der Waals surface area contributed by atoms with Gasteiger partial charge in [0.15, 0.2) is 6.10 Å². The number of nitrogens with zero attached hydrogens (tertiary/aromatic N) is 1. The molecule has 1 unspecified atom stereocenters. The molecule has 35 heavy (non-hydrogen) atoms. The Morgan fingerprint density at radius 3 is 2.40 bits per heavy atom. The third kappa shape index (κ3) is 7.29. The Morgan fingerprint density at radius 1 is 1.11 bits per heavy atom. The van der Waals surface area contributed by atoms with Gasteiger partial charge in [0, 0.05) is 41.7 Å². The maximum atomic E-state index is 13.4. The Morgan fingerprint density at radius 2 is 1.77 bits per heavy atom. The minimum absolute atomic E-state index is 0.0527. The number of fused-ring (bicyclic) bond motifs is 1. The molecule has 1 fully saturated rings. The van der Waals surface area contributed by atoms with Crippen LogP contribution >= 0.6 is 11.6 Å². The Hall–Kier alpha value is -3.39. The second kappa shape index (κ2) is 13.5. The van der Waals surface area contributed by atoms with E-state index in [0.717, 1.165) is 32.4 Å². The molecule has 2 aromatic carbocycles. The average Bonchev–Trinajstić information content (AvgIpc) is 2.85. The molecule has 0 radical (unpaired) electrons. The van der Waals surface area contributed by atoms with Gasteiger partial charge < -0.3 is 19.2 Å². The number of hydrogen-bond acceptors (Lipinski definition) is 5. The summed E-state index contributed by atoms with van der Waals surface area (Å²) in [7, 11) is 0. The fraction of sp³-hybridized carbons (Fsp3) is 0.346. The van der Waals surface area contributed by atoms with E-state index in [1.807, 2.05) is 18.7 Å². The molecular weight excluding hydrogens is 477 g/mol. The number of carbonyl (C=O) groups excluding carboxylic acids is 1. The zero-order valence-corrected chi connectivity index (χ0v) is 20.7. The zero-order chi connectivity index (χ0) is 26.0. The van der Waals surface area contributed by atoms with Gasteiger partial charge in [-0.3, -0.25) is 9.59 Å². The van der Waals surface area contributed by atoms with Crippen molar-refractivity contribution in [3.05, 3.63) is 63.7 Å². The predicted molar refractivity (Wildman–Crippen MR) is 133 cm³/mol. The van der Waals surface area contributed by atoms with Crippen LogP contribution in [0.3, 0.4) is 0 Å². The molecule has 0 aliphatic carbocycles. The number of rotatable bonds is 4. The van der Waals surface area contributed by atoms with E-state index < -0.39 is 17.5 Å². The highest BCUT2D eigenvalue weighted by atomic mass is 35.5. The molecule has 1 N–H and O–H groups in total. The second-order valence-corrected chi connectivity index (χ2v) is 7.92. The van der Waals surface area contributed by atoms with Gasteiger partial charge >= 0.3 is 5.63 Å². The van der Waals surface area contributed by atoms with Crippen molar-refractivity contribution in [2.45, 2.75) is 46.1 Å². The van der Waals surface area contributed by atoms with E-state index in [1.165, 1.54) is 24.3 Å². The molecule has 2 heterocycles. The Labute approximate surface area is 208 Å². The third-order valence-corrected chi connectivity index (χ3v) is 5.58. The molecule has 188 valence electrons. The van der Waals surface area contributed by atoms with Crippen LogP contribution in [-0.2, 0) is 9.59 Å². The number of hydrogen-bond donors (Lipinski definition) is 1. The van der Waals surface area contributed by atoms with E-state index in [2.05, 4.69) is 0 Å². The van der Waals surface area contributed by atoms with Gasteiger partial charge in [-0.25, -0.2) is 9.18 Å². The van der Waals surface area contributed by atoms with Crippen molar-refractivity contribution in [1.82, 2.24) is 4.90 Å². The van der Waals surface area contributed by atoms with Gasteiger partial charge in [-0.1, -0.05) is 25.4 Å². The lowest BCUT2D eigenvalue weighted by molar-refractivity contribution is -0.138. The molecule has 0 spiro atoms. The summed E-state index contributed by atoms with van der Waals surface area (Å²) < 4.78 is 24.6. The Bertz CT molecular complexity index is 1210. The number of halogens is 2. The van der Waals surface area contributed by atoms with Gasteiger partial charge in [-0.2, -0.15) is 0 Å². The van der Waals surface area contributed by atoms with Crippen LogP contribution in [0.2, 0.25) is 5.02 Å². The first-order chi connectivity index (χ1) is 16.8. The van der Waals surface area contributed by atoms with Gasteiger partial charge in [0.05, 0.1) is 5.02 Å². The number of carbonyl (C=O) groups is 2. The molecule has 3 aromatic rings. The highest BCUT2D eigenvalue weighted by molar-refractivity contribution is 6.33. The first-order valence-electron chi connectivity index (χ1n) is 11.4. The standard InChI is InChI=1S/C23H21ClFNO4.C2H6.CH2O2/c1-14(23(28)26-9-3-2-4-10-26)29-16-6-8-18-19(13-22(27)30-21(18)12-16)17-7-5-15(25)11-20(17)24;1-2;2-1-3/h5-8,11-14H,2-4,9-10H2,1H3;1-2H3;1H,(H,2,3). The lowest BCUT2D eigenvalue weighted by Crippen LogP contribution is -2.43. The normalized spacial score (nSPS) is 13.6. The van der Waals surface area contributed by atoms with Gasteiger partial charge in [0.25, 0.3) is 12.4 Å². The zero-order valence-electron chi connectivity index (χ0n) is 19.9. The van der Waals surface area contributed by atoms with Crippen molar-refractivity contribution < 1.29 is 28.2 Å². The smallest absolute Gasteiger partial charge is 0.336 e. The van der Waals surface area contributed by atoms with Crippen LogP contribution in [0.5, 0.6) is 5.75 Å². The predicted octanol–water partition coefficient (Wildman–Crippen LogP) is 5.76. The molecule has 1 atom stereocenters. The number of ether oxygens (including phenoxy) is 1. The van der Waals surface area contributed by atoms with E-state index >= 15 is 0 Å². The number of carboxylic acid groups (broad SMARTS) is 1. The summed E-state index contributed by atoms with van der Waals surface area (Å²) in [5, 5.41) is 7.72. The summed E-state index contributed by atoms with van der Waals surface area (Å²) in [6.45, 7) is 6.97. The van der Waals surface area contributed by atoms with E-state index in [0.29, 0.717) is 27.8 Å². The topological polar surface area (TPSA) is 97.0 Å². The summed E-state index contributed by atoms with van der Waals surface area (Å²) in [6.07, 6.45) is 2.51. The van der Waals surface area contributed by atoms with E-state index in [9.17, 15) is 14.0 Å². The van der Waals surface area contributed by atoms with Crippen molar-refractivity contribution in [3.8, 4) is 16.9 Å². The molecule has 1 aromatic heterocycles. The molecular formula is C26H29ClFNO6. The Kier molecular flexibility index (Phi) is 10.7. The monoisotopic (exact) mass is 505 g/mol. The number of piperidine rings is 1. The first kappa shape index (κ1) is 27.9. The first-order valence-corrected chi connectivity index (χ1v) is 11.8. The summed E-state index contributed by atoms with van der Waals surface area (Å²) in [4.78, 5) is 34.9. The average molecular weight is 506 g/mol. The van der Waals surface area contributed by atoms with Gasteiger partial charge in [-0.15, -0.1) is 0 Å².